The molecule has 4 nitrogen and oxygen atoms in total. The SMILES string of the molecule is CC.CC(C)N1CCC(CO)CC1.CC(C)N1CCCC(CO)C1. The second-order valence-corrected chi connectivity index (χ2v) is 7.54. The van der Waals surface area contributed by atoms with Crippen molar-refractivity contribution in [3.63, 3.8) is 0 Å². The molecule has 4 heteroatoms. The van der Waals surface area contributed by atoms with Gasteiger partial charge in [0.15, 0.2) is 0 Å². The lowest BCUT2D eigenvalue weighted by Crippen LogP contribution is -2.40. The smallest absolute Gasteiger partial charge is 0.0471 e. The zero-order valence-corrected chi connectivity index (χ0v) is 17.2. The predicted molar refractivity (Wildman–Crippen MR) is 104 cm³/mol. The average Bonchev–Trinajstić information content (AvgIpc) is 2.64. The minimum atomic E-state index is 0.364. The van der Waals surface area contributed by atoms with Crippen LogP contribution >= 0.6 is 0 Å². The van der Waals surface area contributed by atoms with Gasteiger partial charge in [0, 0.05) is 31.8 Å². The highest BCUT2D eigenvalue weighted by Crippen LogP contribution is 2.18. The van der Waals surface area contributed by atoms with Gasteiger partial charge in [-0.1, -0.05) is 13.8 Å². The molecule has 2 rings (SSSR count). The summed E-state index contributed by atoms with van der Waals surface area (Å²) >= 11 is 0. The van der Waals surface area contributed by atoms with Crippen molar-refractivity contribution in [2.45, 2.75) is 79.3 Å². The van der Waals surface area contributed by atoms with Crippen molar-refractivity contribution in [1.82, 2.24) is 9.80 Å². The Morgan fingerprint density at radius 1 is 0.750 bits per heavy atom. The van der Waals surface area contributed by atoms with Gasteiger partial charge in [0.1, 0.15) is 0 Å². The number of rotatable bonds is 4. The summed E-state index contributed by atoms with van der Waals surface area (Å²) in [5.41, 5.74) is 0. The molecule has 146 valence electrons. The van der Waals surface area contributed by atoms with Crippen LogP contribution in [0.15, 0.2) is 0 Å². The lowest BCUT2D eigenvalue weighted by molar-refractivity contribution is 0.0993. The van der Waals surface area contributed by atoms with E-state index in [0.29, 0.717) is 37.1 Å². The topological polar surface area (TPSA) is 46.9 Å². The molecule has 0 spiro atoms. The van der Waals surface area contributed by atoms with Crippen LogP contribution in [0.2, 0.25) is 0 Å². The first-order valence-corrected chi connectivity index (χ1v) is 10.2. The zero-order valence-electron chi connectivity index (χ0n) is 17.2. The van der Waals surface area contributed by atoms with Gasteiger partial charge >= 0.3 is 0 Å². The van der Waals surface area contributed by atoms with Crippen LogP contribution in [-0.4, -0.2) is 71.5 Å². The number of piperidine rings is 2. The lowest BCUT2D eigenvalue weighted by atomic mass is 9.97. The Hall–Kier alpha value is -0.160. The predicted octanol–water partition coefficient (Wildman–Crippen LogP) is 3.22. The molecule has 0 aromatic carbocycles. The van der Waals surface area contributed by atoms with Crippen molar-refractivity contribution >= 4 is 0 Å². The molecule has 0 bridgehead atoms. The van der Waals surface area contributed by atoms with Crippen molar-refractivity contribution < 1.29 is 10.2 Å². The van der Waals surface area contributed by atoms with E-state index in [1.54, 1.807) is 0 Å². The van der Waals surface area contributed by atoms with Gasteiger partial charge in [0.05, 0.1) is 0 Å². The summed E-state index contributed by atoms with van der Waals surface area (Å²) in [6.07, 6.45) is 4.81. The highest BCUT2D eigenvalue weighted by atomic mass is 16.3. The second-order valence-electron chi connectivity index (χ2n) is 7.54. The minimum Gasteiger partial charge on any atom is -0.396 e. The first-order valence-electron chi connectivity index (χ1n) is 10.2. The van der Waals surface area contributed by atoms with Crippen molar-refractivity contribution in [1.29, 1.82) is 0 Å². The maximum Gasteiger partial charge on any atom is 0.0471 e. The number of hydrogen-bond acceptors (Lipinski definition) is 4. The summed E-state index contributed by atoms with van der Waals surface area (Å²) in [7, 11) is 0. The molecule has 2 saturated heterocycles. The van der Waals surface area contributed by atoms with Crippen LogP contribution in [0.4, 0.5) is 0 Å². The number of nitrogens with zero attached hydrogens (tertiary/aromatic N) is 2. The van der Waals surface area contributed by atoms with E-state index in [-0.39, 0.29) is 0 Å². The fraction of sp³-hybridized carbons (Fsp3) is 1.00. The molecule has 2 fully saturated rings. The standard InChI is InChI=1S/2C9H19NO.C2H6/c1-8(2)10-5-3-9(7-11)4-6-10;1-8(2)10-5-3-4-9(6-10)7-11;1-2/h2*8-9,11H,3-7H2,1-2H3;1-2H3. The fourth-order valence-electron chi connectivity index (χ4n) is 3.37. The Labute approximate surface area is 151 Å². The molecule has 0 amide bonds. The van der Waals surface area contributed by atoms with Gasteiger partial charge in [-0.05, 0) is 84.8 Å². The van der Waals surface area contributed by atoms with Gasteiger partial charge in [-0.3, -0.25) is 0 Å². The number of aliphatic hydroxyl groups is 2. The molecule has 0 aromatic heterocycles. The number of hydrogen-bond donors (Lipinski definition) is 2. The van der Waals surface area contributed by atoms with Crippen LogP contribution < -0.4 is 0 Å². The van der Waals surface area contributed by atoms with Gasteiger partial charge in [0.2, 0.25) is 0 Å². The molecule has 2 aliphatic heterocycles. The van der Waals surface area contributed by atoms with Gasteiger partial charge in [-0.2, -0.15) is 0 Å². The van der Waals surface area contributed by atoms with Crippen LogP contribution in [0, 0.1) is 11.8 Å². The second kappa shape index (κ2) is 14.1. The summed E-state index contributed by atoms with van der Waals surface area (Å²) in [6.45, 7) is 18.3. The van der Waals surface area contributed by atoms with E-state index in [9.17, 15) is 0 Å². The Morgan fingerprint density at radius 2 is 1.25 bits per heavy atom. The molecule has 0 aliphatic carbocycles. The fourth-order valence-corrected chi connectivity index (χ4v) is 3.37. The third kappa shape index (κ3) is 9.36. The highest BCUT2D eigenvalue weighted by Gasteiger charge is 2.20. The molecule has 0 radical (unpaired) electrons. The summed E-state index contributed by atoms with van der Waals surface area (Å²) in [5, 5.41) is 17.9. The number of aliphatic hydroxyl groups excluding tert-OH is 2. The summed E-state index contributed by atoms with van der Waals surface area (Å²) in [6, 6.07) is 1.32. The maximum absolute atomic E-state index is 8.96. The van der Waals surface area contributed by atoms with Crippen LogP contribution in [0.1, 0.15) is 67.2 Å². The van der Waals surface area contributed by atoms with Gasteiger partial charge in [0.25, 0.3) is 0 Å². The Bertz CT molecular complexity index is 277. The van der Waals surface area contributed by atoms with Crippen molar-refractivity contribution in [2.24, 2.45) is 11.8 Å². The Balaban J connectivity index is 0.000000400. The monoisotopic (exact) mass is 344 g/mol. The van der Waals surface area contributed by atoms with E-state index in [2.05, 4.69) is 37.5 Å². The molecule has 1 unspecified atom stereocenters. The Kier molecular flexibility index (Phi) is 14.0. The minimum absolute atomic E-state index is 0.364. The van der Waals surface area contributed by atoms with Gasteiger partial charge in [-0.15, -0.1) is 0 Å². The molecule has 1 atom stereocenters. The molecule has 0 aromatic rings. The Morgan fingerprint density at radius 3 is 1.67 bits per heavy atom. The molecule has 2 aliphatic rings. The first kappa shape index (κ1) is 23.8. The quantitative estimate of drug-likeness (QED) is 0.822. The zero-order chi connectivity index (χ0) is 18.5. The summed E-state index contributed by atoms with van der Waals surface area (Å²) in [4.78, 5) is 4.93. The molecule has 24 heavy (non-hydrogen) atoms. The van der Waals surface area contributed by atoms with Crippen LogP contribution in [0.5, 0.6) is 0 Å². The molecule has 2 N–H and O–H groups in total. The molecule has 0 saturated carbocycles. The molecular formula is C20H44N2O2. The van der Waals surface area contributed by atoms with Crippen LogP contribution in [-0.2, 0) is 0 Å². The van der Waals surface area contributed by atoms with E-state index >= 15 is 0 Å². The maximum atomic E-state index is 8.96. The lowest BCUT2D eigenvalue weighted by Gasteiger charge is -2.34. The van der Waals surface area contributed by atoms with Crippen molar-refractivity contribution in [3.8, 4) is 0 Å². The molecule has 2 heterocycles. The normalized spacial score (nSPS) is 23.5. The van der Waals surface area contributed by atoms with Gasteiger partial charge < -0.3 is 20.0 Å². The van der Waals surface area contributed by atoms with E-state index in [1.165, 1.54) is 45.3 Å². The van der Waals surface area contributed by atoms with Crippen molar-refractivity contribution in [3.05, 3.63) is 0 Å². The third-order valence-electron chi connectivity index (χ3n) is 5.18. The largest absolute Gasteiger partial charge is 0.396 e. The molecular weight excluding hydrogens is 300 g/mol. The summed E-state index contributed by atoms with van der Waals surface area (Å²) in [5.74, 6) is 1.11. The van der Waals surface area contributed by atoms with E-state index < -0.39 is 0 Å². The number of likely N-dealkylation sites (tertiary alicyclic amines) is 2. The van der Waals surface area contributed by atoms with E-state index in [0.717, 1.165) is 6.54 Å². The first-order chi connectivity index (χ1) is 11.5. The third-order valence-corrected chi connectivity index (χ3v) is 5.18. The average molecular weight is 345 g/mol. The van der Waals surface area contributed by atoms with Gasteiger partial charge in [-0.25, -0.2) is 0 Å². The van der Waals surface area contributed by atoms with Crippen molar-refractivity contribution in [2.75, 3.05) is 39.4 Å². The summed E-state index contributed by atoms with van der Waals surface area (Å²) < 4.78 is 0. The highest BCUT2D eigenvalue weighted by molar-refractivity contribution is 4.74. The van der Waals surface area contributed by atoms with Crippen LogP contribution in [0.3, 0.4) is 0 Å². The van der Waals surface area contributed by atoms with E-state index in [4.69, 9.17) is 10.2 Å². The van der Waals surface area contributed by atoms with Crippen LogP contribution in [0.25, 0.3) is 0 Å². The van der Waals surface area contributed by atoms with E-state index in [1.807, 2.05) is 13.8 Å².